The molecule has 0 aliphatic heterocycles. The molecule has 0 radical (unpaired) electrons. The first-order valence-electron chi connectivity index (χ1n) is 12.2. The molecule has 0 bridgehead atoms. The molecule has 3 atom stereocenters. The van der Waals surface area contributed by atoms with Gasteiger partial charge in [0.15, 0.2) is 0 Å². The van der Waals surface area contributed by atoms with Gasteiger partial charge >= 0.3 is 8.80 Å². The lowest BCUT2D eigenvalue weighted by Crippen LogP contribution is -2.48. The minimum atomic E-state index is -2.75. The van der Waals surface area contributed by atoms with Gasteiger partial charge in [-0.15, -0.1) is 0 Å². The van der Waals surface area contributed by atoms with E-state index in [9.17, 15) is 5.11 Å². The van der Waals surface area contributed by atoms with E-state index >= 15 is 0 Å². The zero-order valence-electron chi connectivity index (χ0n) is 21.0. The van der Waals surface area contributed by atoms with Crippen molar-refractivity contribution in [2.45, 2.75) is 99.3 Å². The number of hydrogen-bond acceptors (Lipinski definition) is 5. The van der Waals surface area contributed by atoms with Gasteiger partial charge < -0.3 is 23.1 Å². The highest BCUT2D eigenvalue weighted by molar-refractivity contribution is 6.60. The van der Waals surface area contributed by atoms with Crippen LogP contribution in [0.15, 0.2) is 0 Å². The van der Waals surface area contributed by atoms with Gasteiger partial charge in [-0.2, -0.15) is 0 Å². The summed E-state index contributed by atoms with van der Waals surface area (Å²) in [6, 6.07) is 0.844. The van der Waals surface area contributed by atoms with Gasteiger partial charge in [0.1, 0.15) is 0 Å². The fourth-order valence-corrected chi connectivity index (χ4v) is 6.76. The first kappa shape index (κ1) is 28.1. The third-order valence-electron chi connectivity index (χ3n) is 5.28. The summed E-state index contributed by atoms with van der Waals surface area (Å²) in [5.41, 5.74) is 0. The Morgan fingerprint density at radius 1 is 0.733 bits per heavy atom. The fourth-order valence-electron chi connectivity index (χ4n) is 3.56. The Morgan fingerprint density at radius 2 is 1.20 bits per heavy atom. The van der Waals surface area contributed by atoms with Crippen molar-refractivity contribution in [1.29, 1.82) is 0 Å². The van der Waals surface area contributed by atoms with Crippen LogP contribution in [0.1, 0.15) is 81.1 Å². The van der Waals surface area contributed by atoms with Gasteiger partial charge in [0.2, 0.25) is 0 Å². The molecule has 0 aromatic rings. The summed E-state index contributed by atoms with van der Waals surface area (Å²) >= 11 is 0. The Hall–Kier alpha value is 0.0169. The Balaban J connectivity index is 2.79. The Kier molecular flexibility index (Phi) is 13.3. The average molecular weight is 447 g/mol. The highest BCUT2D eigenvalue weighted by atomic mass is 28.4. The maximum absolute atomic E-state index is 10.4. The van der Waals surface area contributed by atoms with E-state index < -0.39 is 8.80 Å². The molecule has 1 aliphatic rings. The topological polar surface area (TPSA) is 57.2 Å². The van der Waals surface area contributed by atoms with E-state index in [2.05, 4.69) is 55.4 Å². The molecule has 1 aliphatic carbocycles. The smallest absolute Gasteiger partial charge is 0.390 e. The van der Waals surface area contributed by atoms with Crippen LogP contribution in [0, 0.1) is 29.6 Å². The number of ether oxygens (including phenoxy) is 1. The molecule has 1 N–H and O–H groups in total. The van der Waals surface area contributed by atoms with Gasteiger partial charge in [0.05, 0.1) is 12.2 Å². The zero-order valence-corrected chi connectivity index (χ0v) is 22.0. The Labute approximate surface area is 187 Å². The van der Waals surface area contributed by atoms with Gasteiger partial charge in [-0.05, 0) is 55.3 Å². The molecular formula is C24H50O5Si. The van der Waals surface area contributed by atoms with Gasteiger partial charge in [-0.25, -0.2) is 0 Å². The maximum Gasteiger partial charge on any atom is 0.500 e. The molecule has 1 rings (SSSR count). The predicted molar refractivity (Wildman–Crippen MR) is 125 cm³/mol. The summed E-state index contributed by atoms with van der Waals surface area (Å²) in [5.74, 6) is 2.34. The van der Waals surface area contributed by atoms with Crippen LogP contribution in [-0.4, -0.2) is 52.5 Å². The first-order valence-corrected chi connectivity index (χ1v) is 14.2. The standard InChI is InChI=1S/C24H50O5Si/c1-18(2)14-26-24-13-22(9-10-23(24)25)11-12-30(27-15-19(3)4,28-16-20(5)6)29-17-21(7)8/h18-25H,9-17H2,1-8H3. The molecule has 1 fully saturated rings. The molecule has 5 nitrogen and oxygen atoms in total. The van der Waals surface area contributed by atoms with Gasteiger partial charge in [-0.1, -0.05) is 55.4 Å². The SMILES string of the molecule is CC(C)COC1CC(CC[Si](OCC(C)C)(OCC(C)C)OCC(C)C)CCC1O. The van der Waals surface area contributed by atoms with E-state index in [0.29, 0.717) is 56.0 Å². The van der Waals surface area contributed by atoms with Crippen molar-refractivity contribution in [3.8, 4) is 0 Å². The van der Waals surface area contributed by atoms with Gasteiger partial charge in [0.25, 0.3) is 0 Å². The van der Waals surface area contributed by atoms with E-state index in [0.717, 1.165) is 31.7 Å². The van der Waals surface area contributed by atoms with Crippen molar-refractivity contribution in [2.24, 2.45) is 29.6 Å². The van der Waals surface area contributed by atoms with E-state index in [1.54, 1.807) is 0 Å². The lowest BCUT2D eigenvalue weighted by Gasteiger charge is -2.36. The fraction of sp³-hybridized carbons (Fsp3) is 1.00. The van der Waals surface area contributed by atoms with Crippen molar-refractivity contribution >= 4 is 8.80 Å². The normalized spacial score (nSPS) is 23.3. The van der Waals surface area contributed by atoms with Crippen LogP contribution in [0.25, 0.3) is 0 Å². The second kappa shape index (κ2) is 14.2. The van der Waals surface area contributed by atoms with Crippen LogP contribution in [0.2, 0.25) is 6.04 Å². The van der Waals surface area contributed by atoms with Crippen molar-refractivity contribution < 1.29 is 23.1 Å². The number of aliphatic hydroxyl groups is 1. The Bertz CT molecular complexity index is 410. The summed E-state index contributed by atoms with van der Waals surface area (Å²) in [4.78, 5) is 0. The average Bonchev–Trinajstić information content (AvgIpc) is 2.66. The molecule has 6 heteroatoms. The Morgan fingerprint density at radius 3 is 1.63 bits per heavy atom. The highest BCUT2D eigenvalue weighted by Gasteiger charge is 2.43. The van der Waals surface area contributed by atoms with Crippen molar-refractivity contribution in [3.63, 3.8) is 0 Å². The van der Waals surface area contributed by atoms with Crippen molar-refractivity contribution in [3.05, 3.63) is 0 Å². The predicted octanol–water partition coefficient (Wildman–Crippen LogP) is 5.54. The molecule has 1 saturated carbocycles. The molecular weight excluding hydrogens is 396 g/mol. The lowest BCUT2D eigenvalue weighted by molar-refractivity contribution is -0.0789. The van der Waals surface area contributed by atoms with Gasteiger partial charge in [0, 0.05) is 32.5 Å². The largest absolute Gasteiger partial charge is 0.500 e. The molecule has 180 valence electrons. The quantitative estimate of drug-likeness (QED) is 0.335. The summed E-state index contributed by atoms with van der Waals surface area (Å²) in [6.07, 6.45) is 3.38. The summed E-state index contributed by atoms with van der Waals surface area (Å²) in [7, 11) is -2.75. The van der Waals surface area contributed by atoms with Crippen LogP contribution < -0.4 is 0 Å². The first-order chi connectivity index (χ1) is 14.0. The minimum absolute atomic E-state index is 0.0491. The second-order valence-electron chi connectivity index (χ2n) is 10.8. The molecule has 0 aromatic carbocycles. The monoisotopic (exact) mass is 446 g/mol. The van der Waals surface area contributed by atoms with E-state index in [-0.39, 0.29) is 12.2 Å². The molecule has 0 spiro atoms. The van der Waals surface area contributed by atoms with Crippen LogP contribution in [-0.2, 0) is 18.0 Å². The lowest BCUT2D eigenvalue weighted by atomic mass is 9.84. The summed E-state index contributed by atoms with van der Waals surface area (Å²) in [6.45, 7) is 20.0. The summed E-state index contributed by atoms with van der Waals surface area (Å²) in [5, 5.41) is 10.4. The van der Waals surface area contributed by atoms with Crippen LogP contribution >= 0.6 is 0 Å². The van der Waals surface area contributed by atoms with Gasteiger partial charge in [-0.3, -0.25) is 0 Å². The van der Waals surface area contributed by atoms with E-state index in [4.69, 9.17) is 18.0 Å². The van der Waals surface area contributed by atoms with E-state index in [1.165, 1.54) is 0 Å². The second-order valence-corrected chi connectivity index (χ2v) is 13.6. The van der Waals surface area contributed by atoms with Crippen molar-refractivity contribution in [1.82, 2.24) is 0 Å². The molecule has 0 amide bonds. The molecule has 0 aromatic heterocycles. The third kappa shape index (κ3) is 11.6. The third-order valence-corrected chi connectivity index (χ3v) is 8.00. The minimum Gasteiger partial charge on any atom is -0.390 e. The zero-order chi connectivity index (χ0) is 22.7. The molecule has 0 saturated heterocycles. The summed E-state index contributed by atoms with van der Waals surface area (Å²) < 4.78 is 25.3. The number of rotatable bonds is 15. The molecule has 0 heterocycles. The maximum atomic E-state index is 10.4. The molecule has 3 unspecified atom stereocenters. The van der Waals surface area contributed by atoms with Crippen LogP contribution in [0.3, 0.4) is 0 Å². The molecule has 30 heavy (non-hydrogen) atoms. The number of hydrogen-bond donors (Lipinski definition) is 1. The number of aliphatic hydroxyl groups excluding tert-OH is 1. The highest BCUT2D eigenvalue weighted by Crippen LogP contribution is 2.33. The van der Waals surface area contributed by atoms with Crippen LogP contribution in [0.5, 0.6) is 0 Å². The van der Waals surface area contributed by atoms with E-state index in [1.807, 2.05) is 0 Å². The van der Waals surface area contributed by atoms with Crippen molar-refractivity contribution in [2.75, 3.05) is 26.4 Å². The van der Waals surface area contributed by atoms with Crippen LogP contribution in [0.4, 0.5) is 0 Å².